The van der Waals surface area contributed by atoms with Crippen molar-refractivity contribution in [2.24, 2.45) is 0 Å². The van der Waals surface area contributed by atoms with Crippen LogP contribution < -0.4 is 0 Å². The van der Waals surface area contributed by atoms with E-state index in [4.69, 9.17) is 21.7 Å². The molecule has 136 valence electrons. The van der Waals surface area contributed by atoms with Gasteiger partial charge < -0.3 is 0 Å². The average molecular weight is 388 g/mol. The molecule has 0 unspecified atom stereocenters. The second-order valence-electron chi connectivity index (χ2n) is 6.30. The largest absolute Gasteiger partial charge is 0.249 e. The molecule has 1 N–H and O–H groups in total. The van der Waals surface area contributed by atoms with Crippen LogP contribution in [0, 0.1) is 0 Å². The first kappa shape index (κ1) is 16.6. The summed E-state index contributed by atoms with van der Waals surface area (Å²) in [7, 11) is 0. The van der Waals surface area contributed by atoms with Gasteiger partial charge >= 0.3 is 0 Å². The molecule has 0 aliphatic heterocycles. The molecule has 0 bridgehead atoms. The maximum absolute atomic E-state index is 6.17. The van der Waals surface area contributed by atoms with Crippen molar-refractivity contribution in [3.05, 3.63) is 83.1 Å². The van der Waals surface area contributed by atoms with E-state index in [1.807, 2.05) is 59.2 Å². The van der Waals surface area contributed by atoms with Gasteiger partial charge in [0, 0.05) is 29.4 Å². The van der Waals surface area contributed by atoms with Crippen LogP contribution in [0.5, 0.6) is 0 Å². The lowest BCUT2D eigenvalue weighted by molar-refractivity contribution is 0.881. The van der Waals surface area contributed by atoms with Crippen molar-refractivity contribution in [2.75, 3.05) is 0 Å². The van der Waals surface area contributed by atoms with Crippen LogP contribution in [-0.2, 0) is 6.42 Å². The van der Waals surface area contributed by atoms with Gasteiger partial charge in [-0.3, -0.25) is 0 Å². The van der Waals surface area contributed by atoms with Crippen LogP contribution in [0.25, 0.3) is 28.3 Å². The number of fused-ring (bicyclic) bond motifs is 1. The van der Waals surface area contributed by atoms with E-state index >= 15 is 0 Å². The van der Waals surface area contributed by atoms with E-state index in [2.05, 4.69) is 32.8 Å². The first-order chi connectivity index (χ1) is 13.8. The molecule has 0 saturated carbocycles. The summed E-state index contributed by atoms with van der Waals surface area (Å²) in [6, 6.07) is 19.8. The smallest absolute Gasteiger partial charge is 0.222 e. The van der Waals surface area contributed by atoms with Gasteiger partial charge in [-0.1, -0.05) is 48.0 Å². The molecule has 4 heterocycles. The second-order valence-corrected chi connectivity index (χ2v) is 6.73. The van der Waals surface area contributed by atoms with Crippen molar-refractivity contribution < 1.29 is 0 Å². The van der Waals surface area contributed by atoms with Gasteiger partial charge in [-0.05, 0) is 29.5 Å². The van der Waals surface area contributed by atoms with Gasteiger partial charge in [0.05, 0.1) is 16.2 Å². The highest BCUT2D eigenvalue weighted by Crippen LogP contribution is 2.29. The molecule has 7 nitrogen and oxygen atoms in total. The number of benzene rings is 1. The van der Waals surface area contributed by atoms with Crippen LogP contribution in [0.4, 0.5) is 0 Å². The predicted octanol–water partition coefficient (Wildman–Crippen LogP) is 3.82. The van der Waals surface area contributed by atoms with Crippen LogP contribution in [0.15, 0.2) is 66.9 Å². The van der Waals surface area contributed by atoms with E-state index in [-0.39, 0.29) is 0 Å². The lowest BCUT2D eigenvalue weighted by Crippen LogP contribution is -1.96. The molecule has 0 aliphatic carbocycles. The maximum atomic E-state index is 6.17. The van der Waals surface area contributed by atoms with E-state index < -0.39 is 0 Å². The number of H-pyrrole nitrogens is 1. The molecule has 5 rings (SSSR count). The van der Waals surface area contributed by atoms with Crippen molar-refractivity contribution in [1.82, 2.24) is 35.2 Å². The molecule has 0 radical (unpaired) electrons. The van der Waals surface area contributed by atoms with Crippen molar-refractivity contribution in [3.8, 4) is 22.8 Å². The Morgan fingerprint density at radius 2 is 1.86 bits per heavy atom. The Balaban J connectivity index is 1.63. The van der Waals surface area contributed by atoms with Gasteiger partial charge in [0.15, 0.2) is 0 Å². The molecule has 4 aromatic heterocycles. The quantitative estimate of drug-likeness (QED) is 0.506. The molecule has 0 atom stereocenters. The number of aromatic nitrogens is 7. The average Bonchev–Trinajstić information content (AvgIpc) is 3.37. The molecule has 5 aromatic rings. The number of aromatic amines is 1. The molecule has 8 heteroatoms. The van der Waals surface area contributed by atoms with E-state index in [0.29, 0.717) is 23.0 Å². The minimum absolute atomic E-state index is 0.469. The molecular weight excluding hydrogens is 374 g/mol. The van der Waals surface area contributed by atoms with Crippen molar-refractivity contribution in [2.45, 2.75) is 6.42 Å². The summed E-state index contributed by atoms with van der Waals surface area (Å²) in [5.41, 5.74) is 5.60. The van der Waals surface area contributed by atoms with E-state index in [0.717, 1.165) is 28.0 Å². The lowest BCUT2D eigenvalue weighted by Gasteiger charge is -2.05. The van der Waals surface area contributed by atoms with Gasteiger partial charge in [-0.15, -0.1) is 10.2 Å². The molecule has 0 fully saturated rings. The second kappa shape index (κ2) is 6.86. The highest BCUT2D eigenvalue weighted by Gasteiger charge is 2.16. The van der Waals surface area contributed by atoms with E-state index in [9.17, 15) is 0 Å². The Morgan fingerprint density at radius 1 is 0.964 bits per heavy atom. The normalized spacial score (nSPS) is 11.2. The number of rotatable bonds is 4. The Hall–Kier alpha value is -3.58. The fourth-order valence-electron chi connectivity index (χ4n) is 3.23. The lowest BCUT2D eigenvalue weighted by atomic mass is 10.0. The van der Waals surface area contributed by atoms with E-state index in [1.54, 1.807) is 0 Å². The van der Waals surface area contributed by atoms with Crippen molar-refractivity contribution in [3.63, 3.8) is 0 Å². The first-order valence-electron chi connectivity index (χ1n) is 8.70. The van der Waals surface area contributed by atoms with Gasteiger partial charge in [0.2, 0.25) is 5.82 Å². The molecule has 0 aliphatic rings. The van der Waals surface area contributed by atoms with Gasteiger partial charge in [0.25, 0.3) is 0 Å². The fourth-order valence-corrected chi connectivity index (χ4v) is 3.39. The fraction of sp³-hybridized carbons (Fsp3) is 0.0500. The predicted molar refractivity (Wildman–Crippen MR) is 106 cm³/mol. The summed E-state index contributed by atoms with van der Waals surface area (Å²) in [5.74, 6) is 0.469. The summed E-state index contributed by atoms with van der Waals surface area (Å²) in [6.07, 6.45) is 2.43. The van der Waals surface area contributed by atoms with Crippen LogP contribution in [-0.4, -0.2) is 35.2 Å². The zero-order chi connectivity index (χ0) is 18.9. The summed E-state index contributed by atoms with van der Waals surface area (Å²) in [4.78, 5) is 4.70. The highest BCUT2D eigenvalue weighted by atomic mass is 35.5. The number of nitrogens with one attached hydrogen (secondary N) is 1. The maximum Gasteiger partial charge on any atom is 0.222 e. The summed E-state index contributed by atoms with van der Waals surface area (Å²) in [5, 5.41) is 19.5. The van der Waals surface area contributed by atoms with Crippen molar-refractivity contribution in [1.29, 1.82) is 0 Å². The minimum atomic E-state index is 0.469. The summed E-state index contributed by atoms with van der Waals surface area (Å²) in [6.45, 7) is 0. The van der Waals surface area contributed by atoms with Crippen LogP contribution in [0.3, 0.4) is 0 Å². The van der Waals surface area contributed by atoms with Crippen LogP contribution in [0.2, 0.25) is 5.02 Å². The Kier molecular flexibility index (Phi) is 4.06. The zero-order valence-corrected chi connectivity index (χ0v) is 15.4. The third-order valence-corrected chi connectivity index (χ3v) is 4.71. The van der Waals surface area contributed by atoms with Crippen LogP contribution >= 0.6 is 11.6 Å². The Morgan fingerprint density at radius 3 is 2.68 bits per heavy atom. The molecule has 0 amide bonds. The Bertz CT molecular complexity index is 1250. The van der Waals surface area contributed by atoms with Crippen LogP contribution in [0.1, 0.15) is 11.3 Å². The summed E-state index contributed by atoms with van der Waals surface area (Å²) < 4.78 is 1.82. The van der Waals surface area contributed by atoms with Gasteiger partial charge in [-0.25, -0.2) is 9.50 Å². The third kappa shape index (κ3) is 3.01. The minimum Gasteiger partial charge on any atom is -0.249 e. The third-order valence-electron chi connectivity index (χ3n) is 4.48. The molecule has 0 spiro atoms. The SMILES string of the molecule is Clc1ccc2c(Cc3cccc(-c4nn[nH]n4)n3)c(-c3ccccc3)nn2c1. The standard InChI is InChI=1S/C20H14ClN7/c21-14-9-10-18-16(19(25-28(18)12-14)13-5-2-1-3-6-13)11-15-7-4-8-17(22-15)20-23-26-27-24-20/h1-10,12H,11H2,(H,23,24,26,27). The monoisotopic (exact) mass is 387 g/mol. The number of hydrogen-bond donors (Lipinski definition) is 1. The first-order valence-corrected chi connectivity index (χ1v) is 9.08. The van der Waals surface area contributed by atoms with Crippen molar-refractivity contribution >= 4 is 17.1 Å². The zero-order valence-electron chi connectivity index (χ0n) is 14.6. The molecule has 1 aromatic carbocycles. The summed E-state index contributed by atoms with van der Waals surface area (Å²) >= 11 is 6.17. The van der Waals surface area contributed by atoms with Gasteiger partial charge in [-0.2, -0.15) is 10.3 Å². The highest BCUT2D eigenvalue weighted by molar-refractivity contribution is 6.30. The molecule has 0 saturated heterocycles. The Labute approximate surface area is 165 Å². The number of pyridine rings is 2. The van der Waals surface area contributed by atoms with Gasteiger partial charge in [0.1, 0.15) is 5.69 Å². The molecule has 28 heavy (non-hydrogen) atoms. The molecular formula is C20H14ClN7. The topological polar surface area (TPSA) is 84.6 Å². The number of nitrogens with zero attached hydrogens (tertiary/aromatic N) is 6. The number of hydrogen-bond acceptors (Lipinski definition) is 5. The van der Waals surface area contributed by atoms with E-state index in [1.165, 1.54) is 0 Å². The number of halogens is 1. The number of tetrazole rings is 1.